The Labute approximate surface area is 99.0 Å². The van der Waals surface area contributed by atoms with Gasteiger partial charge in [0.2, 0.25) is 0 Å². The molecule has 0 aliphatic carbocycles. The van der Waals surface area contributed by atoms with Gasteiger partial charge < -0.3 is 14.6 Å². The third-order valence-corrected chi connectivity index (χ3v) is 2.49. The van der Waals surface area contributed by atoms with Gasteiger partial charge in [-0.25, -0.2) is 9.18 Å². The molecule has 1 N–H and O–H groups in total. The van der Waals surface area contributed by atoms with E-state index in [1.807, 2.05) is 0 Å². The second-order valence-electron chi connectivity index (χ2n) is 3.46. The molecule has 17 heavy (non-hydrogen) atoms. The maximum atomic E-state index is 13.7. The number of hydrogen-bond acceptors (Lipinski definition) is 4. The highest BCUT2D eigenvalue weighted by Crippen LogP contribution is 2.27. The highest BCUT2D eigenvalue weighted by Gasteiger charge is 2.21. The first-order valence-corrected chi connectivity index (χ1v) is 5.17. The predicted molar refractivity (Wildman–Crippen MR) is 59.3 cm³/mol. The van der Waals surface area contributed by atoms with Crippen LogP contribution in [0.1, 0.15) is 24.2 Å². The molecule has 0 heterocycles. The minimum atomic E-state index is -1.51. The Balaban J connectivity index is 3.19. The molecule has 0 fully saturated rings. The molecular formula is C12H15FO4. The molecule has 5 heteroatoms. The summed E-state index contributed by atoms with van der Waals surface area (Å²) in [4.78, 5) is 11.1. The van der Waals surface area contributed by atoms with Crippen LogP contribution < -0.4 is 4.74 Å². The van der Waals surface area contributed by atoms with Crippen LogP contribution in [-0.4, -0.2) is 25.3 Å². The second kappa shape index (κ2) is 5.63. The van der Waals surface area contributed by atoms with E-state index >= 15 is 0 Å². The molecule has 0 aliphatic rings. The first-order valence-electron chi connectivity index (χ1n) is 5.17. The molecule has 0 spiro atoms. The number of ether oxygens (including phenoxy) is 2. The monoisotopic (exact) mass is 242 g/mol. The molecule has 0 bridgehead atoms. The van der Waals surface area contributed by atoms with Crippen molar-refractivity contribution >= 4 is 5.97 Å². The van der Waals surface area contributed by atoms with E-state index in [2.05, 4.69) is 4.74 Å². The lowest BCUT2D eigenvalue weighted by Crippen LogP contribution is -2.14. The molecule has 94 valence electrons. The van der Waals surface area contributed by atoms with Crippen LogP contribution in [-0.2, 0) is 16.0 Å². The quantitative estimate of drug-likeness (QED) is 0.815. The summed E-state index contributed by atoms with van der Waals surface area (Å²) in [5, 5.41) is 9.60. The zero-order chi connectivity index (χ0) is 13.0. The van der Waals surface area contributed by atoms with Crippen molar-refractivity contribution < 1.29 is 23.8 Å². The SMILES string of the molecule is CCc1c(F)cc(C(O)C(=O)OC)cc1OC. The number of benzene rings is 1. The van der Waals surface area contributed by atoms with Gasteiger partial charge in [0.25, 0.3) is 0 Å². The Kier molecular flexibility index (Phi) is 4.45. The Morgan fingerprint density at radius 3 is 2.59 bits per heavy atom. The molecule has 1 aromatic rings. The average molecular weight is 242 g/mol. The molecule has 0 aliphatic heterocycles. The van der Waals surface area contributed by atoms with Gasteiger partial charge in [0.05, 0.1) is 14.2 Å². The Morgan fingerprint density at radius 2 is 2.12 bits per heavy atom. The van der Waals surface area contributed by atoms with E-state index in [1.54, 1.807) is 6.92 Å². The van der Waals surface area contributed by atoms with E-state index in [0.717, 1.165) is 13.2 Å². The van der Waals surface area contributed by atoms with Gasteiger partial charge in [0, 0.05) is 5.56 Å². The highest BCUT2D eigenvalue weighted by atomic mass is 19.1. The van der Waals surface area contributed by atoms with Crippen LogP contribution in [0.4, 0.5) is 4.39 Å². The number of hydrogen-bond donors (Lipinski definition) is 1. The van der Waals surface area contributed by atoms with Crippen LogP contribution in [0.5, 0.6) is 5.75 Å². The zero-order valence-corrected chi connectivity index (χ0v) is 9.99. The van der Waals surface area contributed by atoms with Crippen LogP contribution in [0, 0.1) is 5.82 Å². The van der Waals surface area contributed by atoms with E-state index in [0.29, 0.717) is 17.7 Å². The minimum absolute atomic E-state index is 0.114. The summed E-state index contributed by atoms with van der Waals surface area (Å²) in [7, 11) is 2.56. The van der Waals surface area contributed by atoms with Crippen LogP contribution in [0.2, 0.25) is 0 Å². The summed E-state index contributed by atoms with van der Waals surface area (Å²) in [6, 6.07) is 2.55. The standard InChI is InChI=1S/C12H15FO4/c1-4-8-9(13)5-7(6-10(8)16-2)11(14)12(15)17-3/h5-6,11,14H,4H2,1-3H3. The summed E-state index contributed by atoms with van der Waals surface area (Å²) in [6.45, 7) is 1.79. The van der Waals surface area contributed by atoms with Crippen molar-refractivity contribution in [3.63, 3.8) is 0 Å². The van der Waals surface area contributed by atoms with Gasteiger partial charge in [-0.15, -0.1) is 0 Å². The van der Waals surface area contributed by atoms with Gasteiger partial charge in [0.1, 0.15) is 11.6 Å². The Morgan fingerprint density at radius 1 is 1.47 bits per heavy atom. The normalized spacial score (nSPS) is 12.1. The van der Waals surface area contributed by atoms with Crippen molar-refractivity contribution in [1.29, 1.82) is 0 Å². The molecule has 1 aromatic carbocycles. The fourth-order valence-electron chi connectivity index (χ4n) is 1.56. The first kappa shape index (κ1) is 13.4. The van der Waals surface area contributed by atoms with E-state index in [1.165, 1.54) is 13.2 Å². The molecule has 0 saturated heterocycles. The van der Waals surface area contributed by atoms with Gasteiger partial charge in [-0.3, -0.25) is 0 Å². The van der Waals surface area contributed by atoms with Crippen molar-refractivity contribution in [3.8, 4) is 5.75 Å². The van der Waals surface area contributed by atoms with Gasteiger partial charge in [0.15, 0.2) is 6.10 Å². The molecule has 1 rings (SSSR count). The lowest BCUT2D eigenvalue weighted by atomic mass is 10.0. The highest BCUT2D eigenvalue weighted by molar-refractivity contribution is 5.76. The number of rotatable bonds is 4. The number of esters is 1. The number of aliphatic hydroxyl groups is 1. The van der Waals surface area contributed by atoms with Crippen molar-refractivity contribution in [1.82, 2.24) is 0 Å². The van der Waals surface area contributed by atoms with E-state index in [-0.39, 0.29) is 5.56 Å². The summed E-state index contributed by atoms with van der Waals surface area (Å²) in [6.07, 6.45) is -1.04. The minimum Gasteiger partial charge on any atom is -0.496 e. The van der Waals surface area contributed by atoms with Crippen LogP contribution in [0.25, 0.3) is 0 Å². The summed E-state index contributed by atoms with van der Waals surface area (Å²) in [5.74, 6) is -1.04. The third kappa shape index (κ3) is 2.74. The molecule has 1 unspecified atom stereocenters. The fourth-order valence-corrected chi connectivity index (χ4v) is 1.56. The molecule has 1 atom stereocenters. The second-order valence-corrected chi connectivity index (χ2v) is 3.46. The van der Waals surface area contributed by atoms with Gasteiger partial charge in [-0.1, -0.05) is 6.92 Å². The number of methoxy groups -OCH3 is 2. The zero-order valence-electron chi connectivity index (χ0n) is 9.99. The Bertz CT molecular complexity index is 417. The van der Waals surface area contributed by atoms with E-state index in [4.69, 9.17) is 4.74 Å². The maximum Gasteiger partial charge on any atom is 0.339 e. The van der Waals surface area contributed by atoms with E-state index in [9.17, 15) is 14.3 Å². The number of carbonyl (C=O) groups excluding carboxylic acids is 1. The van der Waals surface area contributed by atoms with Crippen molar-refractivity contribution in [2.45, 2.75) is 19.4 Å². The molecule has 0 aromatic heterocycles. The van der Waals surface area contributed by atoms with Gasteiger partial charge >= 0.3 is 5.97 Å². The molecule has 0 saturated carbocycles. The van der Waals surface area contributed by atoms with Gasteiger partial charge in [-0.2, -0.15) is 0 Å². The smallest absolute Gasteiger partial charge is 0.339 e. The maximum absolute atomic E-state index is 13.7. The van der Waals surface area contributed by atoms with Crippen LogP contribution >= 0.6 is 0 Å². The van der Waals surface area contributed by atoms with Crippen molar-refractivity contribution in [3.05, 3.63) is 29.1 Å². The summed E-state index contributed by atoms with van der Waals surface area (Å²) in [5.41, 5.74) is 0.525. The fraction of sp³-hybridized carbons (Fsp3) is 0.417. The average Bonchev–Trinajstić information content (AvgIpc) is 2.35. The number of halogens is 1. The lowest BCUT2D eigenvalue weighted by Gasteiger charge is -2.13. The first-order chi connectivity index (χ1) is 8.04. The third-order valence-electron chi connectivity index (χ3n) is 2.49. The van der Waals surface area contributed by atoms with Crippen molar-refractivity contribution in [2.75, 3.05) is 14.2 Å². The topological polar surface area (TPSA) is 55.8 Å². The molecule has 0 radical (unpaired) electrons. The van der Waals surface area contributed by atoms with E-state index < -0.39 is 17.9 Å². The largest absolute Gasteiger partial charge is 0.496 e. The molecular weight excluding hydrogens is 227 g/mol. The lowest BCUT2D eigenvalue weighted by molar-refractivity contribution is -0.150. The summed E-state index contributed by atoms with van der Waals surface area (Å²) >= 11 is 0. The number of aliphatic hydroxyl groups excluding tert-OH is 1. The predicted octanol–water partition coefficient (Wildman–Crippen LogP) is 1.60. The molecule has 4 nitrogen and oxygen atoms in total. The van der Waals surface area contributed by atoms with Crippen molar-refractivity contribution in [2.24, 2.45) is 0 Å². The molecule has 0 amide bonds. The van der Waals surface area contributed by atoms with Crippen LogP contribution in [0.15, 0.2) is 12.1 Å². The summed E-state index contributed by atoms with van der Waals surface area (Å²) < 4.78 is 23.1. The van der Waals surface area contributed by atoms with Gasteiger partial charge in [-0.05, 0) is 24.1 Å². The number of carbonyl (C=O) groups is 1. The van der Waals surface area contributed by atoms with Crippen LogP contribution in [0.3, 0.4) is 0 Å². The Hall–Kier alpha value is -1.62.